The predicted octanol–water partition coefficient (Wildman–Crippen LogP) is 3.64. The fourth-order valence-electron chi connectivity index (χ4n) is 4.19. The van der Waals surface area contributed by atoms with Crippen LogP contribution in [0.3, 0.4) is 0 Å². The summed E-state index contributed by atoms with van der Waals surface area (Å²) in [6.45, 7) is 3.02. The van der Waals surface area contributed by atoms with Crippen molar-refractivity contribution in [3.8, 4) is 11.3 Å². The van der Waals surface area contributed by atoms with Crippen molar-refractivity contribution in [3.05, 3.63) is 82.1 Å². The summed E-state index contributed by atoms with van der Waals surface area (Å²) < 4.78 is 28.7. The summed E-state index contributed by atoms with van der Waals surface area (Å²) in [5, 5.41) is 6.45. The van der Waals surface area contributed by atoms with Crippen molar-refractivity contribution in [2.45, 2.75) is 37.5 Å². The number of nitrogens with one attached hydrogen (secondary N) is 1. The Balaban J connectivity index is 1.54. The first kappa shape index (κ1) is 21.5. The number of H-pyrrole nitrogens is 1. The second-order valence-corrected chi connectivity index (χ2v) is 9.93. The average Bonchev–Trinajstić information content (AvgIpc) is 2.80. The maximum atomic E-state index is 13.5. The Morgan fingerprint density at radius 3 is 2.42 bits per heavy atom. The summed E-state index contributed by atoms with van der Waals surface area (Å²) in [5.74, 6) is 0.496. The quantitative estimate of drug-likeness (QED) is 0.638. The number of aromatic amines is 1. The van der Waals surface area contributed by atoms with E-state index in [1.165, 1.54) is 11.6 Å². The van der Waals surface area contributed by atoms with E-state index in [9.17, 15) is 13.2 Å². The highest BCUT2D eigenvalue weighted by Crippen LogP contribution is 2.30. The minimum Gasteiger partial charge on any atom is -0.268 e. The second-order valence-electron chi connectivity index (χ2n) is 8.02. The largest absolute Gasteiger partial charge is 0.268 e. The van der Waals surface area contributed by atoms with Gasteiger partial charge in [-0.15, -0.1) is 0 Å². The average molecular weight is 438 g/mol. The smallest absolute Gasteiger partial charge is 0.264 e. The fourth-order valence-corrected chi connectivity index (χ4v) is 5.98. The lowest BCUT2D eigenvalue weighted by molar-refractivity contribution is 0.272. The zero-order valence-corrected chi connectivity index (χ0v) is 18.4. The lowest BCUT2D eigenvalue weighted by atomic mass is 9.91. The lowest BCUT2D eigenvalue weighted by Gasteiger charge is -2.32. The summed E-state index contributed by atoms with van der Waals surface area (Å²) >= 11 is 0. The Hall–Kier alpha value is -2.77. The van der Waals surface area contributed by atoms with Gasteiger partial charge in [0.05, 0.1) is 10.6 Å². The van der Waals surface area contributed by atoms with E-state index in [1.807, 2.05) is 37.3 Å². The molecule has 0 aliphatic carbocycles. The minimum atomic E-state index is -3.61. The van der Waals surface area contributed by atoms with Gasteiger partial charge in [-0.2, -0.15) is 9.40 Å². The van der Waals surface area contributed by atoms with E-state index in [4.69, 9.17) is 0 Å². The summed E-state index contributed by atoms with van der Waals surface area (Å²) in [6, 6.07) is 18.7. The third kappa shape index (κ3) is 4.78. The third-order valence-corrected chi connectivity index (χ3v) is 7.96. The molecule has 7 heteroatoms. The molecule has 6 nitrogen and oxygen atoms in total. The number of hydrogen-bond donors (Lipinski definition) is 1. The Morgan fingerprint density at radius 2 is 1.77 bits per heavy atom. The summed E-state index contributed by atoms with van der Waals surface area (Å²) in [4.78, 5) is 11.6. The van der Waals surface area contributed by atoms with Gasteiger partial charge >= 0.3 is 0 Å². The van der Waals surface area contributed by atoms with Gasteiger partial charge < -0.3 is 0 Å². The molecule has 1 aliphatic rings. The van der Waals surface area contributed by atoms with Crippen LogP contribution >= 0.6 is 0 Å². The predicted molar refractivity (Wildman–Crippen MR) is 121 cm³/mol. The number of piperidine rings is 1. The highest BCUT2D eigenvalue weighted by Gasteiger charge is 2.31. The number of benzene rings is 2. The van der Waals surface area contributed by atoms with E-state index in [2.05, 4.69) is 22.3 Å². The summed E-state index contributed by atoms with van der Waals surface area (Å²) in [5.41, 5.74) is 3.02. The SMILES string of the molecule is CCc1ccc(-c2ccc(=O)[nH]n2)cc1S(=O)(=O)N1CCC(Cc2ccccc2)CC1. The highest BCUT2D eigenvalue weighted by atomic mass is 32.2. The van der Waals surface area contributed by atoms with Crippen LogP contribution in [0.25, 0.3) is 11.3 Å². The molecule has 31 heavy (non-hydrogen) atoms. The molecule has 3 aromatic rings. The van der Waals surface area contributed by atoms with Gasteiger partial charge in [0.25, 0.3) is 5.56 Å². The highest BCUT2D eigenvalue weighted by molar-refractivity contribution is 7.89. The molecular formula is C24H27N3O3S. The third-order valence-electron chi connectivity index (χ3n) is 5.98. The molecule has 0 bridgehead atoms. The van der Waals surface area contributed by atoms with Crippen molar-refractivity contribution < 1.29 is 8.42 Å². The molecule has 1 N–H and O–H groups in total. The molecule has 0 unspecified atom stereocenters. The van der Waals surface area contributed by atoms with Crippen LogP contribution in [0.5, 0.6) is 0 Å². The van der Waals surface area contributed by atoms with Crippen LogP contribution in [-0.2, 0) is 22.9 Å². The van der Waals surface area contributed by atoms with E-state index in [1.54, 1.807) is 16.4 Å². The molecule has 0 amide bonds. The number of aromatic nitrogens is 2. The standard InChI is InChI=1S/C24H27N3O3S/c1-2-20-8-9-21(22-10-11-24(28)26-25-22)17-23(20)31(29,30)27-14-12-19(13-15-27)16-18-6-4-3-5-7-18/h3-11,17,19H,2,12-16H2,1H3,(H,26,28). The van der Waals surface area contributed by atoms with Crippen LogP contribution in [-0.4, -0.2) is 36.0 Å². The monoisotopic (exact) mass is 437 g/mol. The molecule has 0 saturated carbocycles. The van der Waals surface area contributed by atoms with Gasteiger partial charge in [-0.1, -0.05) is 49.4 Å². The number of hydrogen-bond acceptors (Lipinski definition) is 4. The van der Waals surface area contributed by atoms with E-state index in [-0.39, 0.29) is 5.56 Å². The van der Waals surface area contributed by atoms with Crippen molar-refractivity contribution in [1.82, 2.24) is 14.5 Å². The molecule has 2 aromatic carbocycles. The molecule has 1 saturated heterocycles. The van der Waals surface area contributed by atoms with Crippen LogP contribution in [0, 0.1) is 5.92 Å². The van der Waals surface area contributed by atoms with E-state index in [0.29, 0.717) is 41.6 Å². The van der Waals surface area contributed by atoms with Crippen LogP contribution in [0.1, 0.15) is 30.9 Å². The van der Waals surface area contributed by atoms with Crippen molar-refractivity contribution in [3.63, 3.8) is 0 Å². The molecule has 1 aromatic heterocycles. The van der Waals surface area contributed by atoms with Crippen LogP contribution in [0.4, 0.5) is 0 Å². The maximum absolute atomic E-state index is 13.5. The Kier molecular flexibility index (Phi) is 6.34. The zero-order valence-electron chi connectivity index (χ0n) is 17.6. The lowest BCUT2D eigenvalue weighted by Crippen LogP contribution is -2.39. The van der Waals surface area contributed by atoms with Crippen LogP contribution in [0.15, 0.2) is 70.4 Å². The molecule has 162 valence electrons. The van der Waals surface area contributed by atoms with Crippen molar-refractivity contribution in [1.29, 1.82) is 0 Å². The maximum Gasteiger partial charge on any atom is 0.264 e. The normalized spacial score (nSPS) is 15.8. The van der Waals surface area contributed by atoms with Gasteiger partial charge in [-0.3, -0.25) is 4.79 Å². The molecule has 2 heterocycles. The van der Waals surface area contributed by atoms with E-state index in [0.717, 1.165) is 24.8 Å². The first-order valence-electron chi connectivity index (χ1n) is 10.7. The number of nitrogens with zero attached hydrogens (tertiary/aromatic N) is 2. The van der Waals surface area contributed by atoms with Gasteiger partial charge in [0.15, 0.2) is 0 Å². The zero-order chi connectivity index (χ0) is 21.8. The Bertz CT molecular complexity index is 1180. The second kappa shape index (κ2) is 9.16. The molecule has 0 radical (unpaired) electrons. The molecule has 0 spiro atoms. The van der Waals surface area contributed by atoms with Crippen LogP contribution in [0.2, 0.25) is 0 Å². The number of aryl methyl sites for hydroxylation is 1. The molecule has 1 fully saturated rings. The summed E-state index contributed by atoms with van der Waals surface area (Å²) in [6.07, 6.45) is 3.33. The van der Waals surface area contributed by atoms with Gasteiger partial charge in [0.2, 0.25) is 10.0 Å². The molecule has 0 atom stereocenters. The van der Waals surface area contributed by atoms with Gasteiger partial charge in [-0.05, 0) is 54.9 Å². The van der Waals surface area contributed by atoms with Crippen molar-refractivity contribution in [2.75, 3.05) is 13.1 Å². The van der Waals surface area contributed by atoms with Crippen molar-refractivity contribution in [2.24, 2.45) is 5.92 Å². The van der Waals surface area contributed by atoms with E-state index < -0.39 is 10.0 Å². The Morgan fingerprint density at radius 1 is 1.03 bits per heavy atom. The first-order chi connectivity index (χ1) is 15.0. The van der Waals surface area contributed by atoms with Gasteiger partial charge in [0, 0.05) is 24.7 Å². The molecule has 4 rings (SSSR count). The summed E-state index contributed by atoms with van der Waals surface area (Å²) in [7, 11) is -3.61. The first-order valence-corrected chi connectivity index (χ1v) is 12.1. The van der Waals surface area contributed by atoms with Crippen molar-refractivity contribution >= 4 is 10.0 Å². The Labute approximate surface area is 183 Å². The number of rotatable bonds is 6. The molecular weight excluding hydrogens is 410 g/mol. The molecule has 1 aliphatic heterocycles. The van der Waals surface area contributed by atoms with Crippen LogP contribution < -0.4 is 5.56 Å². The topological polar surface area (TPSA) is 83.1 Å². The van der Waals surface area contributed by atoms with Gasteiger partial charge in [0.1, 0.15) is 0 Å². The van der Waals surface area contributed by atoms with E-state index >= 15 is 0 Å². The minimum absolute atomic E-state index is 0.292. The fraction of sp³-hybridized carbons (Fsp3) is 0.333. The number of sulfonamides is 1. The van der Waals surface area contributed by atoms with Gasteiger partial charge in [-0.25, -0.2) is 13.5 Å².